The molecule has 0 aliphatic heterocycles. The second-order valence-electron chi connectivity index (χ2n) is 4.39. The minimum atomic E-state index is -3.67. The van der Waals surface area contributed by atoms with Gasteiger partial charge in [-0.3, -0.25) is 0 Å². The summed E-state index contributed by atoms with van der Waals surface area (Å²) in [6, 6.07) is 2.97. The number of nitrogens with zero attached hydrogens (tertiary/aromatic N) is 1. The summed E-state index contributed by atoms with van der Waals surface area (Å²) in [6.45, 7) is 3.39. The number of benzene rings is 1. The lowest BCUT2D eigenvalue weighted by atomic mass is 10.2. The molecule has 1 aromatic carbocycles. The van der Waals surface area contributed by atoms with E-state index in [4.69, 9.17) is 27.9 Å². The van der Waals surface area contributed by atoms with Crippen LogP contribution in [0.1, 0.15) is 12.5 Å². The molecule has 0 bridgehead atoms. The van der Waals surface area contributed by atoms with Crippen molar-refractivity contribution in [1.29, 1.82) is 0 Å². The van der Waals surface area contributed by atoms with Gasteiger partial charge in [0.1, 0.15) is 4.90 Å². The number of hydrogen-bond donors (Lipinski definition) is 1. The molecule has 8 heteroatoms. The van der Waals surface area contributed by atoms with Gasteiger partial charge in [-0.15, -0.1) is 0 Å². The van der Waals surface area contributed by atoms with Crippen LogP contribution in [0.25, 0.3) is 0 Å². The van der Waals surface area contributed by atoms with Gasteiger partial charge in [0, 0.05) is 37.3 Å². The summed E-state index contributed by atoms with van der Waals surface area (Å²) in [7, 11) is -0.438. The molecule has 120 valence electrons. The Balaban J connectivity index is 3.11. The predicted molar refractivity (Wildman–Crippen MR) is 85.5 cm³/mol. The van der Waals surface area contributed by atoms with Gasteiger partial charge in [0.15, 0.2) is 0 Å². The molecular weight excluding hydrogens is 335 g/mol. The van der Waals surface area contributed by atoms with E-state index in [1.807, 2.05) is 6.92 Å². The molecule has 0 unspecified atom stereocenters. The lowest BCUT2D eigenvalue weighted by Crippen LogP contribution is -2.30. The molecule has 0 saturated carbocycles. The molecule has 0 fully saturated rings. The van der Waals surface area contributed by atoms with Crippen molar-refractivity contribution in [3.05, 3.63) is 27.7 Å². The van der Waals surface area contributed by atoms with Crippen LogP contribution in [-0.4, -0.2) is 46.6 Å². The maximum Gasteiger partial charge on any atom is 0.244 e. The van der Waals surface area contributed by atoms with Crippen LogP contribution in [0, 0.1) is 0 Å². The molecule has 0 aromatic heterocycles. The minimum absolute atomic E-state index is 0.0535. The first-order chi connectivity index (χ1) is 9.86. The number of ether oxygens (including phenoxy) is 1. The van der Waals surface area contributed by atoms with Gasteiger partial charge in [-0.1, -0.05) is 23.2 Å². The van der Waals surface area contributed by atoms with Crippen LogP contribution in [-0.2, 0) is 21.3 Å². The SMILES string of the molecule is CCOCCN(C)S(=O)(=O)c1ccc(Cl)c(CNC)c1Cl. The van der Waals surface area contributed by atoms with Gasteiger partial charge < -0.3 is 10.1 Å². The minimum Gasteiger partial charge on any atom is -0.380 e. The Bertz CT molecular complexity index is 579. The van der Waals surface area contributed by atoms with E-state index in [9.17, 15) is 8.42 Å². The zero-order valence-electron chi connectivity index (χ0n) is 12.3. The van der Waals surface area contributed by atoms with Crippen molar-refractivity contribution in [2.24, 2.45) is 0 Å². The fraction of sp³-hybridized carbons (Fsp3) is 0.538. The van der Waals surface area contributed by atoms with Crippen LogP contribution in [0.2, 0.25) is 10.0 Å². The first-order valence-electron chi connectivity index (χ1n) is 6.51. The fourth-order valence-electron chi connectivity index (χ4n) is 1.74. The Morgan fingerprint density at radius 2 is 2.00 bits per heavy atom. The van der Waals surface area contributed by atoms with E-state index < -0.39 is 10.0 Å². The first-order valence-corrected chi connectivity index (χ1v) is 8.71. The van der Waals surface area contributed by atoms with Gasteiger partial charge in [0.05, 0.1) is 11.6 Å². The number of rotatable bonds is 8. The summed E-state index contributed by atoms with van der Waals surface area (Å²) in [6.07, 6.45) is 0. The number of likely N-dealkylation sites (N-methyl/N-ethyl adjacent to an activating group) is 1. The molecule has 5 nitrogen and oxygen atoms in total. The van der Waals surface area contributed by atoms with Gasteiger partial charge in [-0.25, -0.2) is 8.42 Å². The highest BCUT2D eigenvalue weighted by atomic mass is 35.5. The van der Waals surface area contributed by atoms with Gasteiger partial charge >= 0.3 is 0 Å². The highest BCUT2D eigenvalue weighted by Gasteiger charge is 2.25. The molecule has 0 amide bonds. The first kappa shape index (κ1) is 18.7. The van der Waals surface area contributed by atoms with E-state index in [0.29, 0.717) is 30.3 Å². The quantitative estimate of drug-likeness (QED) is 0.728. The summed E-state index contributed by atoms with van der Waals surface area (Å²) in [4.78, 5) is 0.0535. The van der Waals surface area contributed by atoms with Gasteiger partial charge in [-0.05, 0) is 26.1 Å². The van der Waals surface area contributed by atoms with Crippen LogP contribution in [0.5, 0.6) is 0 Å². The molecule has 0 radical (unpaired) electrons. The van der Waals surface area contributed by atoms with Crippen molar-refractivity contribution in [1.82, 2.24) is 9.62 Å². The van der Waals surface area contributed by atoms with E-state index in [0.717, 1.165) is 0 Å². The van der Waals surface area contributed by atoms with Crippen LogP contribution in [0.15, 0.2) is 17.0 Å². The average molecular weight is 355 g/mol. The van der Waals surface area contributed by atoms with Crippen molar-refractivity contribution in [2.45, 2.75) is 18.4 Å². The summed E-state index contributed by atoms with van der Waals surface area (Å²) in [5, 5.41) is 3.51. The molecule has 0 saturated heterocycles. The fourth-order valence-corrected chi connectivity index (χ4v) is 3.78. The Morgan fingerprint density at radius 3 is 2.57 bits per heavy atom. The molecule has 21 heavy (non-hydrogen) atoms. The highest BCUT2D eigenvalue weighted by molar-refractivity contribution is 7.89. The number of halogens is 2. The van der Waals surface area contributed by atoms with Crippen molar-refractivity contribution < 1.29 is 13.2 Å². The predicted octanol–water partition coefficient (Wildman–Crippen LogP) is 2.37. The molecule has 0 atom stereocenters. The van der Waals surface area contributed by atoms with Gasteiger partial charge in [-0.2, -0.15) is 4.31 Å². The lowest BCUT2D eigenvalue weighted by molar-refractivity contribution is 0.138. The summed E-state index contributed by atoms with van der Waals surface area (Å²) in [5.41, 5.74) is 0.570. The van der Waals surface area contributed by atoms with Crippen molar-refractivity contribution >= 4 is 33.2 Å². The monoisotopic (exact) mass is 354 g/mol. The third kappa shape index (κ3) is 4.55. The average Bonchev–Trinajstić information content (AvgIpc) is 2.43. The standard InChI is InChI=1S/C13H20Cl2N2O3S/c1-4-20-8-7-17(3)21(18,19)12-6-5-11(14)10(9-16-2)13(12)15/h5-6,16H,4,7-9H2,1-3H3. The van der Waals surface area contributed by atoms with E-state index in [1.165, 1.54) is 17.4 Å². The van der Waals surface area contributed by atoms with Gasteiger partial charge in [0.2, 0.25) is 10.0 Å². The molecule has 0 heterocycles. The molecule has 1 rings (SSSR count). The summed E-state index contributed by atoms with van der Waals surface area (Å²) < 4.78 is 31.5. The van der Waals surface area contributed by atoms with Crippen LogP contribution < -0.4 is 5.32 Å². The summed E-state index contributed by atoms with van der Waals surface area (Å²) >= 11 is 12.3. The normalized spacial score (nSPS) is 12.1. The van der Waals surface area contributed by atoms with Crippen molar-refractivity contribution in [3.63, 3.8) is 0 Å². The van der Waals surface area contributed by atoms with Gasteiger partial charge in [0.25, 0.3) is 0 Å². The smallest absolute Gasteiger partial charge is 0.244 e. The largest absolute Gasteiger partial charge is 0.380 e. The molecule has 0 spiro atoms. The number of hydrogen-bond acceptors (Lipinski definition) is 4. The van der Waals surface area contributed by atoms with Crippen LogP contribution in [0.3, 0.4) is 0 Å². The second-order valence-corrected chi connectivity index (χ2v) is 7.19. The third-order valence-electron chi connectivity index (χ3n) is 2.95. The van der Waals surface area contributed by atoms with Crippen LogP contribution >= 0.6 is 23.2 Å². The van der Waals surface area contributed by atoms with E-state index in [2.05, 4.69) is 5.32 Å². The van der Waals surface area contributed by atoms with Crippen molar-refractivity contribution in [3.8, 4) is 0 Å². The Morgan fingerprint density at radius 1 is 1.33 bits per heavy atom. The molecule has 0 aliphatic carbocycles. The summed E-state index contributed by atoms with van der Waals surface area (Å²) in [5.74, 6) is 0. The highest BCUT2D eigenvalue weighted by Crippen LogP contribution is 2.32. The molecule has 1 aromatic rings. The topological polar surface area (TPSA) is 58.6 Å². The van der Waals surface area contributed by atoms with Crippen LogP contribution in [0.4, 0.5) is 0 Å². The number of sulfonamides is 1. The number of nitrogens with one attached hydrogen (secondary N) is 1. The lowest BCUT2D eigenvalue weighted by Gasteiger charge is -2.19. The molecule has 0 aliphatic rings. The maximum atomic E-state index is 12.5. The van der Waals surface area contributed by atoms with E-state index >= 15 is 0 Å². The second kappa shape index (κ2) is 8.31. The Kier molecular flexibility index (Phi) is 7.39. The zero-order chi connectivity index (χ0) is 16.0. The van der Waals surface area contributed by atoms with Crippen molar-refractivity contribution in [2.75, 3.05) is 33.9 Å². The third-order valence-corrected chi connectivity index (χ3v) is 5.74. The van der Waals surface area contributed by atoms with E-state index in [-0.39, 0.29) is 16.5 Å². The Hall–Kier alpha value is -0.370. The Labute approximate surface area is 136 Å². The molecule has 1 N–H and O–H groups in total. The van der Waals surface area contributed by atoms with E-state index in [1.54, 1.807) is 13.1 Å². The molecular formula is C13H20Cl2N2O3S. The zero-order valence-corrected chi connectivity index (χ0v) is 14.6. The maximum absolute atomic E-state index is 12.5.